The molecule has 0 bridgehead atoms. The second kappa shape index (κ2) is 7.65. The summed E-state index contributed by atoms with van der Waals surface area (Å²) in [4.78, 5) is 15.5. The van der Waals surface area contributed by atoms with Crippen LogP contribution in [0.2, 0.25) is 0 Å². The molecule has 0 aromatic rings. The molecule has 17 heavy (non-hydrogen) atoms. The quantitative estimate of drug-likeness (QED) is 0.554. The maximum Gasteiger partial charge on any atom is 0.228 e. The van der Waals surface area contributed by atoms with Crippen molar-refractivity contribution in [3.8, 4) is 0 Å². The number of amides is 1. The van der Waals surface area contributed by atoms with E-state index in [0.29, 0.717) is 17.3 Å². The lowest BCUT2D eigenvalue weighted by atomic mass is 10.2. The fourth-order valence-electron chi connectivity index (χ4n) is 1.30. The number of thioether (sulfide) groups is 1. The van der Waals surface area contributed by atoms with Crippen LogP contribution in [0.25, 0.3) is 0 Å². The summed E-state index contributed by atoms with van der Waals surface area (Å²) in [6.45, 7) is 2.21. The fourth-order valence-corrected chi connectivity index (χ4v) is 2.18. The molecule has 1 amide bonds. The van der Waals surface area contributed by atoms with Gasteiger partial charge in [-0.1, -0.05) is 11.8 Å². The van der Waals surface area contributed by atoms with Crippen LogP contribution in [-0.4, -0.2) is 59.0 Å². The second-order valence-electron chi connectivity index (χ2n) is 3.80. The molecule has 0 radical (unpaired) electrons. The number of hydrogen-bond acceptors (Lipinski definition) is 6. The minimum absolute atomic E-state index is 0.00553. The summed E-state index contributed by atoms with van der Waals surface area (Å²) in [6.07, 6.45) is -0.227. The molecule has 7 heteroatoms. The first-order chi connectivity index (χ1) is 8.11. The Balaban J connectivity index is 2.23. The molecule has 2 atom stereocenters. The largest absolute Gasteiger partial charge is 0.394 e. The van der Waals surface area contributed by atoms with Crippen molar-refractivity contribution in [2.24, 2.45) is 4.99 Å². The highest BCUT2D eigenvalue weighted by Gasteiger charge is 2.18. The Bertz CT molecular complexity index is 285. The molecule has 0 saturated carbocycles. The van der Waals surface area contributed by atoms with Gasteiger partial charge >= 0.3 is 0 Å². The summed E-state index contributed by atoms with van der Waals surface area (Å²) in [5, 5.41) is 21.2. The molecule has 3 N–H and O–H groups in total. The van der Waals surface area contributed by atoms with Crippen LogP contribution in [0.5, 0.6) is 0 Å². The summed E-state index contributed by atoms with van der Waals surface area (Å²) in [5.74, 6) is 0.359. The molecule has 0 unspecified atom stereocenters. The van der Waals surface area contributed by atoms with Crippen LogP contribution in [0, 0.1) is 0 Å². The summed E-state index contributed by atoms with van der Waals surface area (Å²) in [6, 6.07) is -0.00553. The zero-order valence-corrected chi connectivity index (χ0v) is 10.6. The van der Waals surface area contributed by atoms with Crippen LogP contribution in [-0.2, 0) is 9.53 Å². The fraction of sp³-hybridized carbons (Fsp3) is 0.800. The lowest BCUT2D eigenvalue weighted by Crippen LogP contribution is -2.36. The van der Waals surface area contributed by atoms with Crippen LogP contribution in [0.4, 0.5) is 0 Å². The van der Waals surface area contributed by atoms with Gasteiger partial charge in [-0.2, -0.15) is 0 Å². The first kappa shape index (κ1) is 14.4. The van der Waals surface area contributed by atoms with Crippen molar-refractivity contribution in [1.82, 2.24) is 5.32 Å². The van der Waals surface area contributed by atoms with E-state index in [1.165, 1.54) is 11.8 Å². The maximum absolute atomic E-state index is 11.2. The van der Waals surface area contributed by atoms with Crippen LogP contribution in [0.3, 0.4) is 0 Å². The second-order valence-corrected chi connectivity index (χ2v) is 4.81. The van der Waals surface area contributed by atoms with Crippen molar-refractivity contribution in [3.05, 3.63) is 0 Å². The highest BCUT2D eigenvalue weighted by molar-refractivity contribution is 8.13. The van der Waals surface area contributed by atoms with Gasteiger partial charge in [0.25, 0.3) is 0 Å². The molecule has 1 aliphatic rings. The van der Waals surface area contributed by atoms with Crippen LogP contribution in [0.1, 0.15) is 13.3 Å². The number of rotatable bonds is 6. The van der Waals surface area contributed by atoms with Gasteiger partial charge in [-0.25, -0.2) is 0 Å². The number of nitrogens with zero attached hydrogens (tertiary/aromatic N) is 1. The Hall–Kier alpha value is -0.630. The predicted molar refractivity (Wildman–Crippen MR) is 66.0 cm³/mol. The summed E-state index contributed by atoms with van der Waals surface area (Å²) >= 11 is 1.30. The van der Waals surface area contributed by atoms with E-state index in [1.54, 1.807) is 0 Å². The summed E-state index contributed by atoms with van der Waals surface area (Å²) < 4.78 is 4.99. The molecule has 0 fully saturated rings. The molecule has 0 aromatic heterocycles. The number of aliphatic hydroxyl groups excluding tert-OH is 2. The standard InChI is InChI=1S/C10H18N2O4S/c1-7-4-9(15)12-10(11-7)17-6-8(14)5-16-3-2-13/h7-8,13-14H,2-6H2,1H3,(H,11,12,15)/t7-,8+/m0/s1. The van der Waals surface area contributed by atoms with E-state index in [0.717, 1.165) is 0 Å². The molecule has 98 valence electrons. The first-order valence-corrected chi connectivity index (χ1v) is 6.47. The monoisotopic (exact) mass is 262 g/mol. The number of ether oxygens (including phenoxy) is 1. The third-order valence-corrected chi connectivity index (χ3v) is 3.06. The number of hydrogen-bond donors (Lipinski definition) is 3. The molecule has 0 aromatic carbocycles. The number of amidine groups is 1. The number of carbonyl (C=O) groups excluding carboxylic acids is 1. The van der Waals surface area contributed by atoms with Crippen LogP contribution < -0.4 is 5.32 Å². The molecule has 0 aliphatic carbocycles. The lowest BCUT2D eigenvalue weighted by Gasteiger charge is -2.18. The topological polar surface area (TPSA) is 91.2 Å². The van der Waals surface area contributed by atoms with E-state index in [4.69, 9.17) is 9.84 Å². The molecular formula is C10H18N2O4S. The van der Waals surface area contributed by atoms with Gasteiger partial charge in [0.15, 0.2) is 5.17 Å². The van der Waals surface area contributed by atoms with E-state index >= 15 is 0 Å². The SMILES string of the molecule is C[C@H]1CC(=O)NC(SC[C@H](O)COCCO)=N1. The van der Waals surface area contributed by atoms with Crippen molar-refractivity contribution >= 4 is 22.8 Å². The molecular weight excluding hydrogens is 244 g/mol. The van der Waals surface area contributed by atoms with Gasteiger partial charge in [-0.05, 0) is 6.92 Å². The summed E-state index contributed by atoms with van der Waals surface area (Å²) in [5.41, 5.74) is 0. The number of carbonyl (C=O) groups is 1. The van der Waals surface area contributed by atoms with Crippen LogP contribution >= 0.6 is 11.8 Å². The van der Waals surface area contributed by atoms with Crippen molar-refractivity contribution in [3.63, 3.8) is 0 Å². The van der Waals surface area contributed by atoms with Gasteiger partial charge in [0, 0.05) is 12.2 Å². The smallest absolute Gasteiger partial charge is 0.228 e. The zero-order valence-electron chi connectivity index (χ0n) is 9.76. The highest BCUT2D eigenvalue weighted by Crippen LogP contribution is 2.12. The van der Waals surface area contributed by atoms with Crippen molar-refractivity contribution < 1.29 is 19.7 Å². The lowest BCUT2D eigenvalue weighted by molar-refractivity contribution is -0.120. The molecule has 6 nitrogen and oxygen atoms in total. The van der Waals surface area contributed by atoms with E-state index in [-0.39, 0.29) is 31.8 Å². The molecule has 1 aliphatic heterocycles. The van der Waals surface area contributed by atoms with E-state index in [9.17, 15) is 9.90 Å². The van der Waals surface area contributed by atoms with Gasteiger partial charge in [0.1, 0.15) is 0 Å². The van der Waals surface area contributed by atoms with Gasteiger partial charge in [-0.3, -0.25) is 9.79 Å². The Labute approximate surface area is 104 Å². The molecule has 0 saturated heterocycles. The third-order valence-electron chi connectivity index (χ3n) is 2.02. The third kappa shape index (κ3) is 6.02. The number of nitrogens with one attached hydrogen (secondary N) is 1. The van der Waals surface area contributed by atoms with Crippen molar-refractivity contribution in [2.75, 3.05) is 25.6 Å². The average Bonchev–Trinajstić information content (AvgIpc) is 2.25. The first-order valence-electron chi connectivity index (χ1n) is 5.49. The van der Waals surface area contributed by atoms with Gasteiger partial charge in [0.05, 0.1) is 32.0 Å². The normalized spacial score (nSPS) is 21.9. The predicted octanol–water partition coefficient (Wildman–Crippen LogP) is -0.646. The van der Waals surface area contributed by atoms with Gasteiger partial charge in [-0.15, -0.1) is 0 Å². The van der Waals surface area contributed by atoms with Crippen molar-refractivity contribution in [1.29, 1.82) is 0 Å². The van der Waals surface area contributed by atoms with Gasteiger partial charge < -0.3 is 20.3 Å². The maximum atomic E-state index is 11.2. The highest BCUT2D eigenvalue weighted by atomic mass is 32.2. The van der Waals surface area contributed by atoms with Gasteiger partial charge in [0.2, 0.25) is 5.91 Å². The minimum Gasteiger partial charge on any atom is -0.394 e. The van der Waals surface area contributed by atoms with E-state index in [1.807, 2.05) is 6.92 Å². The Morgan fingerprint density at radius 1 is 1.71 bits per heavy atom. The van der Waals surface area contributed by atoms with Crippen LogP contribution in [0.15, 0.2) is 4.99 Å². The Morgan fingerprint density at radius 2 is 2.47 bits per heavy atom. The number of aliphatic imine (C=N–C) groups is 1. The zero-order chi connectivity index (χ0) is 12.7. The average molecular weight is 262 g/mol. The Kier molecular flexibility index (Phi) is 6.49. The molecule has 1 rings (SSSR count). The Morgan fingerprint density at radius 3 is 3.12 bits per heavy atom. The molecule has 0 spiro atoms. The summed E-state index contributed by atoms with van der Waals surface area (Å²) in [7, 11) is 0. The van der Waals surface area contributed by atoms with E-state index in [2.05, 4.69) is 10.3 Å². The van der Waals surface area contributed by atoms with Crippen molar-refractivity contribution in [2.45, 2.75) is 25.5 Å². The molecule has 1 heterocycles. The minimum atomic E-state index is -0.636. The number of aliphatic hydroxyl groups is 2. The van der Waals surface area contributed by atoms with E-state index < -0.39 is 6.10 Å².